The van der Waals surface area contributed by atoms with Crippen molar-refractivity contribution in [2.24, 2.45) is 12.8 Å². The van der Waals surface area contributed by atoms with Gasteiger partial charge in [0, 0.05) is 14.1 Å². The van der Waals surface area contributed by atoms with Gasteiger partial charge in [0.1, 0.15) is 10.8 Å². The number of thiocarbonyl (C=S) groups is 1. The van der Waals surface area contributed by atoms with Gasteiger partial charge in [0.15, 0.2) is 0 Å². The largest absolute Gasteiger partial charge is 0.391 e. The first-order chi connectivity index (χ1) is 8.93. The molecule has 19 heavy (non-hydrogen) atoms. The summed E-state index contributed by atoms with van der Waals surface area (Å²) in [6.45, 7) is 1.91. The molecule has 5 nitrogen and oxygen atoms in total. The van der Waals surface area contributed by atoms with Crippen LogP contribution in [0.25, 0.3) is 0 Å². The first-order valence-corrected chi connectivity index (χ1v) is 7.08. The third-order valence-electron chi connectivity index (χ3n) is 3.96. The van der Waals surface area contributed by atoms with Gasteiger partial charge in [0.05, 0.1) is 23.4 Å². The highest BCUT2D eigenvalue weighted by atomic mass is 32.1. The summed E-state index contributed by atoms with van der Waals surface area (Å²) in [5.74, 6) is 0.899. The van der Waals surface area contributed by atoms with E-state index >= 15 is 0 Å². The molecule has 0 saturated heterocycles. The fourth-order valence-electron chi connectivity index (χ4n) is 3.04. The van der Waals surface area contributed by atoms with Gasteiger partial charge >= 0.3 is 0 Å². The van der Waals surface area contributed by atoms with Gasteiger partial charge in [-0.2, -0.15) is 5.10 Å². The van der Waals surface area contributed by atoms with Gasteiger partial charge in [-0.1, -0.05) is 25.1 Å². The summed E-state index contributed by atoms with van der Waals surface area (Å²) < 4.78 is 1.80. The zero-order valence-electron chi connectivity index (χ0n) is 11.8. The highest BCUT2D eigenvalue weighted by molar-refractivity contribution is 7.80. The lowest BCUT2D eigenvalue weighted by molar-refractivity contribution is 0.105. The first kappa shape index (κ1) is 14.3. The summed E-state index contributed by atoms with van der Waals surface area (Å²) in [4.78, 5) is 2.44. The average Bonchev–Trinajstić information content (AvgIpc) is 2.64. The number of anilines is 1. The standard InChI is InChI=1S/C13H22N4OS/c1-8-11(12(14)19)13(17(3)15-8)16(2)9-6-4-5-7-10(9)18/h9-10,18H,4-7H2,1-3H3,(H2,14,19). The predicted molar refractivity (Wildman–Crippen MR) is 80.5 cm³/mol. The van der Waals surface area contributed by atoms with Crippen LogP contribution in [0.2, 0.25) is 0 Å². The average molecular weight is 282 g/mol. The molecular formula is C13H22N4OS. The number of aryl methyl sites for hydroxylation is 2. The van der Waals surface area contributed by atoms with Crippen LogP contribution in [0.3, 0.4) is 0 Å². The van der Waals surface area contributed by atoms with E-state index in [4.69, 9.17) is 18.0 Å². The Morgan fingerprint density at radius 1 is 1.47 bits per heavy atom. The molecule has 2 unspecified atom stereocenters. The Kier molecular flexibility index (Phi) is 4.10. The highest BCUT2D eigenvalue weighted by Crippen LogP contribution is 2.29. The Morgan fingerprint density at radius 3 is 2.68 bits per heavy atom. The van der Waals surface area contributed by atoms with Crippen LogP contribution >= 0.6 is 12.2 Å². The molecule has 0 aliphatic heterocycles. The second-order valence-corrected chi connectivity index (χ2v) is 5.74. The van der Waals surface area contributed by atoms with Crippen molar-refractivity contribution in [1.82, 2.24) is 9.78 Å². The summed E-state index contributed by atoms with van der Waals surface area (Å²) in [6.07, 6.45) is 3.78. The summed E-state index contributed by atoms with van der Waals surface area (Å²) in [6, 6.07) is 0.108. The third kappa shape index (κ3) is 2.60. The Hall–Kier alpha value is -1.14. The summed E-state index contributed by atoms with van der Waals surface area (Å²) in [7, 11) is 3.87. The topological polar surface area (TPSA) is 67.3 Å². The lowest BCUT2D eigenvalue weighted by Crippen LogP contribution is -2.44. The van der Waals surface area contributed by atoms with Gasteiger partial charge < -0.3 is 15.7 Å². The van der Waals surface area contributed by atoms with Gasteiger partial charge in [-0.05, 0) is 19.8 Å². The van der Waals surface area contributed by atoms with Crippen molar-refractivity contribution >= 4 is 23.0 Å². The molecule has 0 radical (unpaired) electrons. The molecule has 0 aromatic carbocycles. The SMILES string of the molecule is Cc1nn(C)c(N(C)C2CCCCC2O)c1C(N)=S. The van der Waals surface area contributed by atoms with E-state index in [1.165, 1.54) is 0 Å². The number of hydrogen-bond acceptors (Lipinski definition) is 4. The molecule has 1 heterocycles. The van der Waals surface area contributed by atoms with Crippen LogP contribution in [0.1, 0.15) is 36.9 Å². The van der Waals surface area contributed by atoms with E-state index in [9.17, 15) is 5.11 Å². The lowest BCUT2D eigenvalue weighted by Gasteiger charge is -2.36. The van der Waals surface area contributed by atoms with Crippen LogP contribution < -0.4 is 10.6 Å². The predicted octanol–water partition coefficient (Wildman–Crippen LogP) is 1.10. The number of aliphatic hydroxyl groups excluding tert-OH is 1. The van der Waals surface area contributed by atoms with Gasteiger partial charge in [0.2, 0.25) is 0 Å². The number of rotatable bonds is 3. The summed E-state index contributed by atoms with van der Waals surface area (Å²) in [5, 5.41) is 14.6. The van der Waals surface area contributed by atoms with Crippen LogP contribution in [0.4, 0.5) is 5.82 Å². The molecule has 106 valence electrons. The normalized spacial score (nSPS) is 23.4. The van der Waals surface area contributed by atoms with Crippen LogP contribution in [0, 0.1) is 6.92 Å². The highest BCUT2D eigenvalue weighted by Gasteiger charge is 2.30. The minimum Gasteiger partial charge on any atom is -0.391 e. The maximum Gasteiger partial charge on any atom is 0.137 e. The first-order valence-electron chi connectivity index (χ1n) is 6.67. The Morgan fingerprint density at radius 2 is 2.11 bits per heavy atom. The molecule has 1 aromatic heterocycles. The number of aliphatic hydroxyl groups is 1. The monoisotopic (exact) mass is 282 g/mol. The van der Waals surface area contributed by atoms with Crippen molar-refractivity contribution in [1.29, 1.82) is 0 Å². The number of nitrogens with two attached hydrogens (primary N) is 1. The van der Waals surface area contributed by atoms with E-state index in [2.05, 4.69) is 10.00 Å². The number of hydrogen-bond donors (Lipinski definition) is 2. The zero-order chi connectivity index (χ0) is 14.2. The Balaban J connectivity index is 2.37. The second-order valence-electron chi connectivity index (χ2n) is 5.30. The molecular weight excluding hydrogens is 260 g/mol. The van der Waals surface area contributed by atoms with Crippen LogP contribution in [-0.4, -0.2) is 39.1 Å². The van der Waals surface area contributed by atoms with Crippen molar-refractivity contribution < 1.29 is 5.11 Å². The van der Waals surface area contributed by atoms with E-state index in [0.29, 0.717) is 4.99 Å². The van der Waals surface area contributed by atoms with Crippen LogP contribution in [-0.2, 0) is 7.05 Å². The van der Waals surface area contributed by atoms with Crippen molar-refractivity contribution in [3.8, 4) is 0 Å². The molecule has 1 saturated carbocycles. The fraction of sp³-hybridized carbons (Fsp3) is 0.692. The minimum absolute atomic E-state index is 0.108. The molecule has 0 bridgehead atoms. The quantitative estimate of drug-likeness (QED) is 0.813. The van der Waals surface area contributed by atoms with E-state index < -0.39 is 0 Å². The summed E-state index contributed by atoms with van der Waals surface area (Å²) in [5.41, 5.74) is 7.47. The van der Waals surface area contributed by atoms with E-state index in [1.807, 2.05) is 21.0 Å². The van der Waals surface area contributed by atoms with Crippen LogP contribution in [0.5, 0.6) is 0 Å². The molecule has 0 spiro atoms. The molecule has 1 aliphatic carbocycles. The number of aromatic nitrogens is 2. The number of nitrogens with zero attached hydrogens (tertiary/aromatic N) is 3. The Labute approximate surface area is 119 Å². The van der Waals surface area contributed by atoms with Gasteiger partial charge in [-0.25, -0.2) is 0 Å². The van der Waals surface area contributed by atoms with E-state index in [-0.39, 0.29) is 12.1 Å². The number of likely N-dealkylation sites (N-methyl/N-ethyl adjacent to an activating group) is 1. The molecule has 1 aromatic rings. The van der Waals surface area contributed by atoms with E-state index in [0.717, 1.165) is 42.8 Å². The molecule has 3 N–H and O–H groups in total. The second kappa shape index (κ2) is 5.46. The molecule has 0 amide bonds. The molecule has 6 heteroatoms. The van der Waals surface area contributed by atoms with Gasteiger partial charge in [-0.15, -0.1) is 0 Å². The maximum absolute atomic E-state index is 10.2. The van der Waals surface area contributed by atoms with Gasteiger partial charge in [0.25, 0.3) is 0 Å². The lowest BCUT2D eigenvalue weighted by atomic mass is 9.91. The minimum atomic E-state index is -0.298. The zero-order valence-corrected chi connectivity index (χ0v) is 12.6. The van der Waals surface area contributed by atoms with E-state index in [1.54, 1.807) is 4.68 Å². The molecule has 2 rings (SSSR count). The Bertz CT molecular complexity index is 485. The van der Waals surface area contributed by atoms with Crippen molar-refractivity contribution in [2.75, 3.05) is 11.9 Å². The third-order valence-corrected chi connectivity index (χ3v) is 4.17. The molecule has 1 fully saturated rings. The van der Waals surface area contributed by atoms with Crippen molar-refractivity contribution in [2.45, 2.75) is 44.8 Å². The molecule has 2 atom stereocenters. The summed E-state index contributed by atoms with van der Waals surface area (Å²) >= 11 is 5.14. The smallest absolute Gasteiger partial charge is 0.137 e. The fourth-order valence-corrected chi connectivity index (χ4v) is 3.28. The van der Waals surface area contributed by atoms with Crippen LogP contribution in [0.15, 0.2) is 0 Å². The maximum atomic E-state index is 10.2. The van der Waals surface area contributed by atoms with Crippen molar-refractivity contribution in [3.63, 3.8) is 0 Å². The van der Waals surface area contributed by atoms with Gasteiger partial charge in [-0.3, -0.25) is 4.68 Å². The van der Waals surface area contributed by atoms with Crippen molar-refractivity contribution in [3.05, 3.63) is 11.3 Å². The molecule has 1 aliphatic rings.